The van der Waals surface area contributed by atoms with Crippen LogP contribution >= 0.6 is 0 Å². The molecule has 2 aliphatic heterocycles. The average molecular weight is 227 g/mol. The lowest BCUT2D eigenvalue weighted by Crippen LogP contribution is -2.45. The summed E-state index contributed by atoms with van der Waals surface area (Å²) < 4.78 is 0. The van der Waals surface area contributed by atoms with Crippen LogP contribution in [0.1, 0.15) is 26.7 Å². The van der Waals surface area contributed by atoms with E-state index in [0.29, 0.717) is 0 Å². The molecule has 0 aliphatic carbocycles. The molecule has 4 nitrogen and oxygen atoms in total. The lowest BCUT2D eigenvalue weighted by atomic mass is 10.0. The molecule has 0 atom stereocenters. The molecule has 2 heterocycles. The van der Waals surface area contributed by atoms with E-state index in [0.717, 1.165) is 32.1 Å². The SMILES string of the molecule is CC(=O)N1CCNCC1.CC1CCNCC1. The Balaban J connectivity index is 0.000000165. The largest absolute Gasteiger partial charge is 0.340 e. The number of rotatable bonds is 0. The molecule has 94 valence electrons. The maximum atomic E-state index is 10.7. The minimum atomic E-state index is 0.191. The molecule has 4 heteroatoms. The van der Waals surface area contributed by atoms with Crippen LogP contribution in [0.5, 0.6) is 0 Å². The van der Waals surface area contributed by atoms with Gasteiger partial charge < -0.3 is 15.5 Å². The van der Waals surface area contributed by atoms with Gasteiger partial charge in [0.25, 0.3) is 0 Å². The van der Waals surface area contributed by atoms with Crippen molar-refractivity contribution in [1.82, 2.24) is 15.5 Å². The second-order valence-electron chi connectivity index (χ2n) is 4.69. The van der Waals surface area contributed by atoms with Gasteiger partial charge in [-0.05, 0) is 31.8 Å². The zero-order valence-corrected chi connectivity index (χ0v) is 10.6. The van der Waals surface area contributed by atoms with Crippen molar-refractivity contribution in [3.05, 3.63) is 0 Å². The summed E-state index contributed by atoms with van der Waals surface area (Å²) in [6, 6.07) is 0. The Morgan fingerprint density at radius 1 is 1.06 bits per heavy atom. The first-order valence-electron chi connectivity index (χ1n) is 6.37. The van der Waals surface area contributed by atoms with E-state index in [1.165, 1.54) is 25.9 Å². The maximum absolute atomic E-state index is 10.7. The van der Waals surface area contributed by atoms with E-state index in [1.807, 2.05) is 4.90 Å². The Labute approximate surface area is 98.8 Å². The second-order valence-corrected chi connectivity index (χ2v) is 4.69. The molecule has 1 amide bonds. The van der Waals surface area contributed by atoms with Gasteiger partial charge >= 0.3 is 0 Å². The van der Waals surface area contributed by atoms with E-state index in [1.54, 1.807) is 6.92 Å². The highest BCUT2D eigenvalue weighted by molar-refractivity contribution is 5.73. The quantitative estimate of drug-likeness (QED) is 0.631. The fraction of sp³-hybridized carbons (Fsp3) is 0.917. The molecule has 2 rings (SSSR count). The molecule has 0 bridgehead atoms. The number of piperazine rings is 1. The van der Waals surface area contributed by atoms with Gasteiger partial charge in [0.05, 0.1) is 0 Å². The Morgan fingerprint density at radius 2 is 1.56 bits per heavy atom. The highest BCUT2D eigenvalue weighted by Gasteiger charge is 2.10. The normalized spacial score (nSPS) is 22.2. The van der Waals surface area contributed by atoms with Crippen molar-refractivity contribution in [2.75, 3.05) is 39.3 Å². The monoisotopic (exact) mass is 227 g/mol. The first kappa shape index (κ1) is 13.5. The number of carbonyl (C=O) groups excluding carboxylic acids is 1. The minimum Gasteiger partial charge on any atom is -0.340 e. The van der Waals surface area contributed by atoms with Crippen LogP contribution in [0.2, 0.25) is 0 Å². The summed E-state index contributed by atoms with van der Waals surface area (Å²) in [5.41, 5.74) is 0. The van der Waals surface area contributed by atoms with Crippen LogP contribution in [0.25, 0.3) is 0 Å². The van der Waals surface area contributed by atoms with Crippen LogP contribution in [0.4, 0.5) is 0 Å². The van der Waals surface area contributed by atoms with Gasteiger partial charge in [0, 0.05) is 33.1 Å². The first-order chi connectivity index (χ1) is 7.70. The second kappa shape index (κ2) is 7.63. The molecular formula is C12H25N3O. The zero-order chi connectivity index (χ0) is 11.8. The first-order valence-corrected chi connectivity index (χ1v) is 6.37. The molecule has 0 aromatic heterocycles. The summed E-state index contributed by atoms with van der Waals surface area (Å²) in [7, 11) is 0. The number of piperidine rings is 1. The predicted molar refractivity (Wildman–Crippen MR) is 66.4 cm³/mol. The summed E-state index contributed by atoms with van der Waals surface area (Å²) >= 11 is 0. The van der Waals surface area contributed by atoms with Crippen molar-refractivity contribution >= 4 is 5.91 Å². The van der Waals surface area contributed by atoms with E-state index >= 15 is 0 Å². The molecule has 0 spiro atoms. The lowest BCUT2D eigenvalue weighted by molar-refractivity contribution is -0.129. The molecule has 0 aromatic carbocycles. The zero-order valence-electron chi connectivity index (χ0n) is 10.6. The molecular weight excluding hydrogens is 202 g/mol. The third kappa shape index (κ3) is 5.47. The highest BCUT2D eigenvalue weighted by Crippen LogP contribution is 2.08. The third-order valence-corrected chi connectivity index (χ3v) is 3.19. The molecule has 2 aliphatic rings. The van der Waals surface area contributed by atoms with Gasteiger partial charge in [-0.2, -0.15) is 0 Å². The lowest BCUT2D eigenvalue weighted by Gasteiger charge is -2.25. The van der Waals surface area contributed by atoms with E-state index in [4.69, 9.17) is 0 Å². The molecule has 0 saturated carbocycles. The summed E-state index contributed by atoms with van der Waals surface area (Å²) in [5.74, 6) is 1.16. The number of nitrogens with zero attached hydrogens (tertiary/aromatic N) is 1. The fourth-order valence-electron chi connectivity index (χ4n) is 1.95. The predicted octanol–water partition coefficient (Wildman–Crippen LogP) is 0.444. The number of carbonyl (C=O) groups is 1. The Bertz CT molecular complexity index is 196. The smallest absolute Gasteiger partial charge is 0.219 e. The van der Waals surface area contributed by atoms with E-state index < -0.39 is 0 Å². The topological polar surface area (TPSA) is 44.4 Å². The maximum Gasteiger partial charge on any atom is 0.219 e. The van der Waals surface area contributed by atoms with Gasteiger partial charge in [-0.15, -0.1) is 0 Å². The Hall–Kier alpha value is -0.610. The van der Waals surface area contributed by atoms with Crippen LogP contribution in [-0.4, -0.2) is 50.1 Å². The van der Waals surface area contributed by atoms with E-state index in [9.17, 15) is 4.79 Å². The number of hydrogen-bond donors (Lipinski definition) is 2. The molecule has 2 fully saturated rings. The van der Waals surface area contributed by atoms with Gasteiger partial charge in [-0.25, -0.2) is 0 Å². The van der Waals surface area contributed by atoms with Gasteiger partial charge in [-0.1, -0.05) is 6.92 Å². The van der Waals surface area contributed by atoms with Crippen molar-refractivity contribution in [3.63, 3.8) is 0 Å². The van der Waals surface area contributed by atoms with Gasteiger partial charge in [-0.3, -0.25) is 4.79 Å². The van der Waals surface area contributed by atoms with Crippen LogP contribution in [0, 0.1) is 5.92 Å². The van der Waals surface area contributed by atoms with Crippen molar-refractivity contribution in [2.24, 2.45) is 5.92 Å². The van der Waals surface area contributed by atoms with Crippen molar-refractivity contribution in [2.45, 2.75) is 26.7 Å². The van der Waals surface area contributed by atoms with Crippen LogP contribution in [0.3, 0.4) is 0 Å². The molecule has 2 saturated heterocycles. The number of amides is 1. The Morgan fingerprint density at radius 3 is 1.88 bits per heavy atom. The van der Waals surface area contributed by atoms with Crippen LogP contribution in [0.15, 0.2) is 0 Å². The fourth-order valence-corrected chi connectivity index (χ4v) is 1.95. The third-order valence-electron chi connectivity index (χ3n) is 3.19. The molecule has 0 unspecified atom stereocenters. The molecule has 16 heavy (non-hydrogen) atoms. The number of nitrogens with one attached hydrogen (secondary N) is 2. The minimum absolute atomic E-state index is 0.191. The van der Waals surface area contributed by atoms with Crippen LogP contribution < -0.4 is 10.6 Å². The standard InChI is InChI=1S/C6H12N2O.C6H13N/c1-6(9)8-4-2-7-3-5-8;1-6-2-4-7-5-3-6/h7H,2-5H2,1H3;6-7H,2-5H2,1H3. The van der Waals surface area contributed by atoms with Gasteiger partial charge in [0.1, 0.15) is 0 Å². The van der Waals surface area contributed by atoms with Crippen molar-refractivity contribution in [1.29, 1.82) is 0 Å². The van der Waals surface area contributed by atoms with E-state index in [2.05, 4.69) is 17.6 Å². The van der Waals surface area contributed by atoms with Crippen LogP contribution in [-0.2, 0) is 4.79 Å². The van der Waals surface area contributed by atoms with Gasteiger partial charge in [0.2, 0.25) is 5.91 Å². The molecule has 2 N–H and O–H groups in total. The average Bonchev–Trinajstić information content (AvgIpc) is 2.32. The van der Waals surface area contributed by atoms with Crippen molar-refractivity contribution in [3.8, 4) is 0 Å². The number of hydrogen-bond acceptors (Lipinski definition) is 3. The highest BCUT2D eigenvalue weighted by atomic mass is 16.2. The Kier molecular flexibility index (Phi) is 6.42. The molecule has 0 radical (unpaired) electrons. The van der Waals surface area contributed by atoms with Crippen molar-refractivity contribution < 1.29 is 4.79 Å². The summed E-state index contributed by atoms with van der Waals surface area (Å²) in [4.78, 5) is 12.6. The summed E-state index contributed by atoms with van der Waals surface area (Å²) in [5, 5.41) is 6.49. The van der Waals surface area contributed by atoms with E-state index in [-0.39, 0.29) is 5.91 Å². The molecule has 0 aromatic rings. The summed E-state index contributed by atoms with van der Waals surface area (Å²) in [6.45, 7) is 10.0. The summed E-state index contributed by atoms with van der Waals surface area (Å²) in [6.07, 6.45) is 2.75. The van der Waals surface area contributed by atoms with Gasteiger partial charge in [0.15, 0.2) is 0 Å².